The Labute approximate surface area is 153 Å². The number of anilines is 1. The van der Waals surface area contributed by atoms with Crippen molar-refractivity contribution >= 4 is 11.7 Å². The number of hydrogen-bond donors (Lipinski definition) is 0. The number of amides is 1. The van der Waals surface area contributed by atoms with E-state index >= 15 is 0 Å². The molecule has 3 rings (SSSR count). The normalized spacial score (nSPS) is 16.8. The quantitative estimate of drug-likeness (QED) is 0.777. The van der Waals surface area contributed by atoms with Crippen LogP contribution in [-0.2, 0) is 11.2 Å². The highest BCUT2D eigenvalue weighted by atomic mass is 16.5. The van der Waals surface area contributed by atoms with Crippen molar-refractivity contribution in [3.8, 4) is 5.88 Å². The SMILES string of the molecule is Cc1noc(C)c1CCC(=O)N1CC[C@@H](Oc2ccc(N(C)C)nn2)C1. The molecule has 0 aromatic carbocycles. The highest BCUT2D eigenvalue weighted by molar-refractivity contribution is 5.76. The number of rotatable bonds is 6. The van der Waals surface area contributed by atoms with Gasteiger partial charge in [0.15, 0.2) is 5.82 Å². The molecule has 0 N–H and O–H groups in total. The average Bonchev–Trinajstić information content (AvgIpc) is 3.20. The molecule has 3 heterocycles. The fourth-order valence-electron chi connectivity index (χ4n) is 3.08. The van der Waals surface area contributed by atoms with Gasteiger partial charge in [-0.25, -0.2) is 0 Å². The number of nitrogens with zero attached hydrogens (tertiary/aromatic N) is 5. The summed E-state index contributed by atoms with van der Waals surface area (Å²) in [7, 11) is 3.82. The zero-order valence-corrected chi connectivity index (χ0v) is 15.7. The molecule has 2 aromatic heterocycles. The molecule has 2 aromatic rings. The van der Waals surface area contributed by atoms with Crippen LogP contribution in [0.25, 0.3) is 0 Å². The van der Waals surface area contributed by atoms with Crippen molar-refractivity contribution in [2.45, 2.75) is 39.2 Å². The van der Waals surface area contributed by atoms with E-state index < -0.39 is 0 Å². The van der Waals surface area contributed by atoms with Crippen molar-refractivity contribution in [2.24, 2.45) is 0 Å². The predicted molar refractivity (Wildman–Crippen MR) is 96.3 cm³/mol. The second kappa shape index (κ2) is 7.72. The lowest BCUT2D eigenvalue weighted by atomic mass is 10.1. The second-order valence-electron chi connectivity index (χ2n) is 6.80. The fourth-order valence-corrected chi connectivity index (χ4v) is 3.08. The van der Waals surface area contributed by atoms with Crippen molar-refractivity contribution in [1.82, 2.24) is 20.3 Å². The molecule has 0 spiro atoms. The van der Waals surface area contributed by atoms with E-state index in [-0.39, 0.29) is 12.0 Å². The summed E-state index contributed by atoms with van der Waals surface area (Å²) in [5.74, 6) is 2.19. The van der Waals surface area contributed by atoms with Crippen molar-refractivity contribution in [2.75, 3.05) is 32.1 Å². The molecule has 140 valence electrons. The minimum Gasteiger partial charge on any atom is -0.471 e. The highest BCUT2D eigenvalue weighted by Gasteiger charge is 2.28. The molecule has 8 nitrogen and oxygen atoms in total. The lowest BCUT2D eigenvalue weighted by Crippen LogP contribution is -2.31. The summed E-state index contributed by atoms with van der Waals surface area (Å²) in [6.45, 7) is 5.06. The van der Waals surface area contributed by atoms with Gasteiger partial charge in [-0.15, -0.1) is 10.2 Å². The molecule has 0 aliphatic carbocycles. The lowest BCUT2D eigenvalue weighted by Gasteiger charge is -2.17. The van der Waals surface area contributed by atoms with E-state index in [0.717, 1.165) is 29.3 Å². The van der Waals surface area contributed by atoms with E-state index in [2.05, 4.69) is 15.4 Å². The first kappa shape index (κ1) is 18.2. The van der Waals surface area contributed by atoms with Crippen LogP contribution in [0.1, 0.15) is 29.9 Å². The summed E-state index contributed by atoms with van der Waals surface area (Å²) in [6.07, 6.45) is 1.86. The molecule has 0 radical (unpaired) electrons. The number of aromatic nitrogens is 3. The molecular weight excluding hydrogens is 334 g/mol. The average molecular weight is 359 g/mol. The predicted octanol–water partition coefficient (Wildman–Crippen LogP) is 1.76. The summed E-state index contributed by atoms with van der Waals surface area (Å²) >= 11 is 0. The number of ether oxygens (including phenoxy) is 1. The van der Waals surface area contributed by atoms with Gasteiger partial charge in [0.2, 0.25) is 11.8 Å². The fraction of sp³-hybridized carbons (Fsp3) is 0.556. The first-order valence-corrected chi connectivity index (χ1v) is 8.81. The molecule has 1 atom stereocenters. The van der Waals surface area contributed by atoms with Crippen LogP contribution in [0, 0.1) is 13.8 Å². The van der Waals surface area contributed by atoms with E-state index in [0.29, 0.717) is 31.8 Å². The van der Waals surface area contributed by atoms with Crippen molar-refractivity contribution < 1.29 is 14.1 Å². The summed E-state index contributed by atoms with van der Waals surface area (Å²) in [6, 6.07) is 3.67. The Morgan fingerprint density at radius 1 is 1.35 bits per heavy atom. The first-order valence-electron chi connectivity index (χ1n) is 8.81. The van der Waals surface area contributed by atoms with Gasteiger partial charge in [-0.3, -0.25) is 4.79 Å². The van der Waals surface area contributed by atoms with Crippen LogP contribution in [0.5, 0.6) is 5.88 Å². The molecule has 0 bridgehead atoms. The molecular formula is C18H25N5O3. The van der Waals surface area contributed by atoms with Gasteiger partial charge in [0.25, 0.3) is 0 Å². The number of aryl methyl sites for hydroxylation is 2. The molecule has 26 heavy (non-hydrogen) atoms. The summed E-state index contributed by atoms with van der Waals surface area (Å²) < 4.78 is 11.0. The smallest absolute Gasteiger partial charge is 0.233 e. The Morgan fingerprint density at radius 2 is 2.15 bits per heavy atom. The van der Waals surface area contributed by atoms with Crippen LogP contribution >= 0.6 is 0 Å². The maximum absolute atomic E-state index is 12.5. The highest BCUT2D eigenvalue weighted by Crippen LogP contribution is 2.20. The third-order valence-corrected chi connectivity index (χ3v) is 4.64. The molecule has 1 aliphatic heterocycles. The largest absolute Gasteiger partial charge is 0.471 e. The maximum atomic E-state index is 12.5. The molecule has 1 amide bonds. The van der Waals surface area contributed by atoms with Gasteiger partial charge in [-0.2, -0.15) is 0 Å². The number of hydrogen-bond acceptors (Lipinski definition) is 7. The van der Waals surface area contributed by atoms with Gasteiger partial charge < -0.3 is 19.1 Å². The topological polar surface area (TPSA) is 84.6 Å². The number of carbonyl (C=O) groups is 1. The Bertz CT molecular complexity index is 737. The van der Waals surface area contributed by atoms with Crippen molar-refractivity contribution in [3.05, 3.63) is 29.2 Å². The van der Waals surface area contributed by atoms with E-state index in [4.69, 9.17) is 9.26 Å². The Balaban J connectivity index is 1.49. The molecule has 1 fully saturated rings. The third-order valence-electron chi connectivity index (χ3n) is 4.64. The zero-order valence-electron chi connectivity index (χ0n) is 15.7. The molecule has 8 heteroatoms. The molecule has 0 saturated carbocycles. The van der Waals surface area contributed by atoms with E-state index in [1.807, 2.05) is 49.9 Å². The van der Waals surface area contributed by atoms with E-state index in [9.17, 15) is 4.79 Å². The van der Waals surface area contributed by atoms with Crippen LogP contribution < -0.4 is 9.64 Å². The van der Waals surface area contributed by atoms with Gasteiger partial charge in [-0.1, -0.05) is 5.16 Å². The zero-order chi connectivity index (χ0) is 18.7. The van der Waals surface area contributed by atoms with Gasteiger partial charge in [0.1, 0.15) is 11.9 Å². The van der Waals surface area contributed by atoms with Crippen molar-refractivity contribution in [3.63, 3.8) is 0 Å². The molecule has 1 aliphatic rings. The maximum Gasteiger partial charge on any atom is 0.233 e. The monoisotopic (exact) mass is 359 g/mol. The van der Waals surface area contributed by atoms with Crippen molar-refractivity contribution in [1.29, 1.82) is 0 Å². The number of likely N-dealkylation sites (tertiary alicyclic amines) is 1. The van der Waals surface area contributed by atoms with Gasteiger partial charge in [0, 0.05) is 45.1 Å². The van der Waals surface area contributed by atoms with Crippen LogP contribution in [0.15, 0.2) is 16.7 Å². The van der Waals surface area contributed by atoms with Crippen LogP contribution in [-0.4, -0.2) is 59.4 Å². The third kappa shape index (κ3) is 4.12. The summed E-state index contributed by atoms with van der Waals surface area (Å²) in [5.41, 5.74) is 1.89. The Morgan fingerprint density at radius 3 is 2.77 bits per heavy atom. The van der Waals surface area contributed by atoms with Gasteiger partial charge in [0.05, 0.1) is 12.2 Å². The summed E-state index contributed by atoms with van der Waals surface area (Å²) in [5, 5.41) is 12.1. The van der Waals surface area contributed by atoms with E-state index in [1.54, 1.807) is 0 Å². The van der Waals surface area contributed by atoms with Crippen LogP contribution in [0.2, 0.25) is 0 Å². The van der Waals surface area contributed by atoms with Crippen LogP contribution in [0.3, 0.4) is 0 Å². The number of carbonyl (C=O) groups excluding carboxylic acids is 1. The molecule has 1 saturated heterocycles. The van der Waals surface area contributed by atoms with Gasteiger partial charge in [-0.05, 0) is 26.3 Å². The Kier molecular flexibility index (Phi) is 5.39. The minimum absolute atomic E-state index is 0.0440. The first-order chi connectivity index (χ1) is 12.4. The standard InChI is InChI=1S/C18H25N5O3/c1-12-15(13(2)26-21-12)5-8-18(24)23-10-9-14(11-23)25-17-7-6-16(19-20-17)22(3)4/h6-7,14H,5,8-11H2,1-4H3/t14-/m1/s1. The lowest BCUT2D eigenvalue weighted by molar-refractivity contribution is -0.130. The van der Waals surface area contributed by atoms with Crippen LogP contribution in [0.4, 0.5) is 5.82 Å². The van der Waals surface area contributed by atoms with Gasteiger partial charge >= 0.3 is 0 Å². The Hall–Kier alpha value is -2.64. The second-order valence-corrected chi connectivity index (χ2v) is 6.80. The molecule has 0 unspecified atom stereocenters. The minimum atomic E-state index is -0.0440. The summed E-state index contributed by atoms with van der Waals surface area (Å²) in [4.78, 5) is 16.2. The van der Waals surface area contributed by atoms with E-state index in [1.165, 1.54) is 0 Å².